The normalized spacial score (nSPS) is 10.3. The number of amides is 2. The second-order valence-electron chi connectivity index (χ2n) is 6.40. The summed E-state index contributed by atoms with van der Waals surface area (Å²) in [5, 5.41) is 6.31. The highest BCUT2D eigenvalue weighted by Crippen LogP contribution is 2.32. The fraction of sp³-hybridized carbons (Fsp3) is 0.0909. The summed E-state index contributed by atoms with van der Waals surface area (Å²) in [6, 6.07) is 19.2. The lowest BCUT2D eigenvalue weighted by Gasteiger charge is -2.14. The van der Waals surface area contributed by atoms with Gasteiger partial charge in [0.2, 0.25) is 11.8 Å². The molecule has 3 rings (SSSR count). The molecule has 0 spiro atoms. The quantitative estimate of drug-likeness (QED) is 0.532. The van der Waals surface area contributed by atoms with Crippen molar-refractivity contribution in [3.63, 3.8) is 0 Å². The number of aryl methyl sites for hydroxylation is 1. The highest BCUT2D eigenvalue weighted by atomic mass is 35.5. The molecule has 6 nitrogen and oxygen atoms in total. The molecule has 0 bridgehead atoms. The molecule has 0 saturated carbocycles. The van der Waals surface area contributed by atoms with E-state index in [1.165, 1.54) is 0 Å². The van der Waals surface area contributed by atoms with E-state index in [4.69, 9.17) is 22.1 Å². The zero-order valence-corrected chi connectivity index (χ0v) is 16.5. The van der Waals surface area contributed by atoms with E-state index < -0.39 is 5.91 Å². The Morgan fingerprint density at radius 3 is 2.48 bits per heavy atom. The Labute approximate surface area is 173 Å². The number of hydrogen-bond donors (Lipinski definition) is 3. The maximum atomic E-state index is 12.3. The summed E-state index contributed by atoms with van der Waals surface area (Å²) in [4.78, 5) is 23.4. The Balaban J connectivity index is 1.65. The van der Waals surface area contributed by atoms with E-state index in [0.29, 0.717) is 33.5 Å². The van der Waals surface area contributed by atoms with Crippen LogP contribution >= 0.6 is 11.6 Å². The molecule has 0 aliphatic rings. The molecule has 0 saturated heterocycles. The van der Waals surface area contributed by atoms with Crippen LogP contribution in [-0.4, -0.2) is 18.4 Å². The van der Waals surface area contributed by atoms with Crippen LogP contribution in [0.4, 0.5) is 11.4 Å². The largest absolute Gasteiger partial charge is 0.455 e. The highest BCUT2D eigenvalue weighted by Gasteiger charge is 2.09. The van der Waals surface area contributed by atoms with Crippen molar-refractivity contribution in [1.29, 1.82) is 0 Å². The van der Waals surface area contributed by atoms with Crippen LogP contribution in [0.5, 0.6) is 11.5 Å². The monoisotopic (exact) mass is 409 g/mol. The fourth-order valence-corrected chi connectivity index (χ4v) is 2.81. The second kappa shape index (κ2) is 9.12. The molecule has 0 aliphatic carbocycles. The van der Waals surface area contributed by atoms with Crippen molar-refractivity contribution in [1.82, 2.24) is 0 Å². The Hall–Kier alpha value is -3.51. The highest BCUT2D eigenvalue weighted by molar-refractivity contribution is 6.31. The third-order valence-corrected chi connectivity index (χ3v) is 4.29. The maximum absolute atomic E-state index is 12.3. The maximum Gasteiger partial charge on any atom is 0.248 e. The van der Waals surface area contributed by atoms with Gasteiger partial charge in [-0.25, -0.2) is 0 Å². The average Bonchev–Trinajstić information content (AvgIpc) is 2.68. The van der Waals surface area contributed by atoms with Crippen LogP contribution in [0.2, 0.25) is 5.02 Å². The molecule has 0 radical (unpaired) electrons. The summed E-state index contributed by atoms with van der Waals surface area (Å²) in [5.74, 6) is 0.456. The lowest BCUT2D eigenvalue weighted by atomic mass is 10.2. The summed E-state index contributed by atoms with van der Waals surface area (Å²) >= 11 is 6.10. The minimum Gasteiger partial charge on any atom is -0.455 e. The van der Waals surface area contributed by atoms with Crippen molar-refractivity contribution in [2.45, 2.75) is 6.92 Å². The molecule has 0 aliphatic heterocycles. The lowest BCUT2D eigenvalue weighted by Crippen LogP contribution is -2.22. The van der Waals surface area contributed by atoms with Crippen molar-refractivity contribution in [3.05, 3.63) is 82.9 Å². The van der Waals surface area contributed by atoms with Crippen molar-refractivity contribution >= 4 is 34.8 Å². The Morgan fingerprint density at radius 1 is 1.03 bits per heavy atom. The van der Waals surface area contributed by atoms with E-state index in [1.807, 2.05) is 31.2 Å². The Morgan fingerprint density at radius 2 is 1.79 bits per heavy atom. The molecule has 0 unspecified atom stereocenters. The number of halogens is 1. The van der Waals surface area contributed by atoms with Gasteiger partial charge < -0.3 is 21.1 Å². The molecular weight excluding hydrogens is 390 g/mol. The van der Waals surface area contributed by atoms with Gasteiger partial charge in [0.15, 0.2) is 5.75 Å². The van der Waals surface area contributed by atoms with E-state index >= 15 is 0 Å². The van der Waals surface area contributed by atoms with Crippen LogP contribution < -0.4 is 21.1 Å². The number of benzene rings is 3. The average molecular weight is 410 g/mol. The molecule has 0 aromatic heterocycles. The molecule has 0 atom stereocenters. The number of hydrogen-bond acceptors (Lipinski definition) is 4. The molecule has 3 aromatic carbocycles. The lowest BCUT2D eigenvalue weighted by molar-refractivity contribution is -0.114. The molecule has 29 heavy (non-hydrogen) atoms. The van der Waals surface area contributed by atoms with Gasteiger partial charge in [0, 0.05) is 16.3 Å². The number of primary amides is 1. The Bertz CT molecular complexity index is 1040. The van der Waals surface area contributed by atoms with Crippen molar-refractivity contribution < 1.29 is 14.3 Å². The molecule has 4 N–H and O–H groups in total. The van der Waals surface area contributed by atoms with Gasteiger partial charge in [0.25, 0.3) is 0 Å². The van der Waals surface area contributed by atoms with Crippen molar-refractivity contribution in [3.8, 4) is 11.5 Å². The predicted molar refractivity (Wildman–Crippen MR) is 115 cm³/mol. The summed E-state index contributed by atoms with van der Waals surface area (Å²) in [6.07, 6.45) is 0. The van der Waals surface area contributed by atoms with Crippen molar-refractivity contribution in [2.24, 2.45) is 5.73 Å². The number of rotatable bonds is 7. The van der Waals surface area contributed by atoms with Crippen LogP contribution in [0.25, 0.3) is 0 Å². The minimum atomic E-state index is -0.522. The topological polar surface area (TPSA) is 93.4 Å². The molecule has 0 heterocycles. The smallest absolute Gasteiger partial charge is 0.248 e. The number of ether oxygens (including phenoxy) is 1. The first-order chi connectivity index (χ1) is 13.9. The summed E-state index contributed by atoms with van der Waals surface area (Å²) < 4.78 is 5.93. The van der Waals surface area contributed by atoms with Gasteiger partial charge in [-0.2, -0.15) is 0 Å². The molecular formula is C22H20ClN3O3. The van der Waals surface area contributed by atoms with Gasteiger partial charge in [0.1, 0.15) is 5.75 Å². The summed E-state index contributed by atoms with van der Waals surface area (Å²) in [5.41, 5.74) is 7.81. The third-order valence-electron chi connectivity index (χ3n) is 4.05. The van der Waals surface area contributed by atoms with Crippen LogP contribution in [0.3, 0.4) is 0 Å². The van der Waals surface area contributed by atoms with Gasteiger partial charge >= 0.3 is 0 Å². The fourth-order valence-electron chi connectivity index (χ4n) is 2.63. The standard InChI is InChI=1S/C22H20ClN3O3/c1-14-3-2-4-18(11-14)29-20-10-7-16(23)12-19(20)25-13-21(27)26-17-8-5-15(6-9-17)22(24)28/h2-12,25H,13H2,1H3,(H2,24,28)(H,26,27). The van der Waals surface area contributed by atoms with Gasteiger partial charge in [-0.05, 0) is 67.1 Å². The van der Waals surface area contributed by atoms with E-state index in [2.05, 4.69) is 10.6 Å². The Kier molecular flexibility index (Phi) is 6.36. The molecule has 0 fully saturated rings. The minimum absolute atomic E-state index is 0.00207. The van der Waals surface area contributed by atoms with Gasteiger partial charge in [0.05, 0.1) is 12.2 Å². The van der Waals surface area contributed by atoms with Gasteiger partial charge in [-0.1, -0.05) is 23.7 Å². The molecule has 3 aromatic rings. The summed E-state index contributed by atoms with van der Waals surface area (Å²) in [7, 11) is 0. The first kappa shape index (κ1) is 20.2. The van der Waals surface area contributed by atoms with E-state index in [-0.39, 0.29) is 12.5 Å². The summed E-state index contributed by atoms with van der Waals surface area (Å²) in [6.45, 7) is 1.98. The van der Waals surface area contributed by atoms with Crippen LogP contribution in [0.15, 0.2) is 66.7 Å². The first-order valence-electron chi connectivity index (χ1n) is 8.88. The predicted octanol–water partition coefficient (Wildman–Crippen LogP) is 4.59. The number of nitrogens with two attached hydrogens (primary N) is 1. The van der Waals surface area contributed by atoms with Gasteiger partial charge in [-0.15, -0.1) is 0 Å². The first-order valence-corrected chi connectivity index (χ1v) is 9.26. The molecule has 148 valence electrons. The third kappa shape index (κ3) is 5.73. The van der Waals surface area contributed by atoms with E-state index in [1.54, 1.807) is 42.5 Å². The van der Waals surface area contributed by atoms with Crippen LogP contribution in [0.1, 0.15) is 15.9 Å². The molecule has 2 amide bonds. The zero-order chi connectivity index (χ0) is 20.8. The number of nitrogens with one attached hydrogen (secondary N) is 2. The SMILES string of the molecule is Cc1cccc(Oc2ccc(Cl)cc2NCC(=O)Nc2ccc(C(N)=O)cc2)c1. The second-order valence-corrected chi connectivity index (χ2v) is 6.84. The van der Waals surface area contributed by atoms with Crippen LogP contribution in [0, 0.1) is 6.92 Å². The van der Waals surface area contributed by atoms with Crippen molar-refractivity contribution in [2.75, 3.05) is 17.2 Å². The van der Waals surface area contributed by atoms with Crippen LogP contribution in [-0.2, 0) is 4.79 Å². The van der Waals surface area contributed by atoms with Gasteiger partial charge in [-0.3, -0.25) is 9.59 Å². The van der Waals surface area contributed by atoms with E-state index in [0.717, 1.165) is 5.56 Å². The molecule has 7 heteroatoms. The number of carbonyl (C=O) groups excluding carboxylic acids is 2. The number of anilines is 2. The van der Waals surface area contributed by atoms with E-state index in [9.17, 15) is 9.59 Å². The number of carbonyl (C=O) groups is 2. The zero-order valence-electron chi connectivity index (χ0n) is 15.7.